The third kappa shape index (κ3) is 3.32. The highest BCUT2D eigenvalue weighted by Crippen LogP contribution is 2.32. The summed E-state index contributed by atoms with van der Waals surface area (Å²) in [4.78, 5) is 24.0. The summed E-state index contributed by atoms with van der Waals surface area (Å²) in [6.07, 6.45) is -0.789. The second-order valence-corrected chi connectivity index (χ2v) is 6.14. The Kier molecular flexibility index (Phi) is 4.64. The van der Waals surface area contributed by atoms with E-state index in [1.54, 1.807) is 37.3 Å². The number of halogens is 2. The fourth-order valence-electron chi connectivity index (χ4n) is 2.35. The molecule has 0 radical (unpaired) electrons. The third-order valence-corrected chi connectivity index (χ3v) is 4.45. The summed E-state index contributed by atoms with van der Waals surface area (Å²) in [5.74, 6) is -0.166. The first-order valence-electron chi connectivity index (χ1n) is 7.28. The molecule has 1 atom stereocenters. The number of rotatable bonds is 4. The molecule has 1 aliphatic rings. The number of ether oxygens (including phenoxy) is 1. The van der Waals surface area contributed by atoms with E-state index >= 15 is 0 Å². The van der Waals surface area contributed by atoms with Crippen LogP contribution in [0, 0.1) is 0 Å². The predicted molar refractivity (Wildman–Crippen MR) is 92.8 cm³/mol. The number of hydrogen-bond donors (Lipinski definition) is 2. The summed E-state index contributed by atoms with van der Waals surface area (Å²) in [6.45, 7) is 2.11. The van der Waals surface area contributed by atoms with Gasteiger partial charge in [-0.25, -0.2) is 0 Å². The molecular formula is C17H14Cl2N2O3. The van der Waals surface area contributed by atoms with Crippen molar-refractivity contribution < 1.29 is 14.3 Å². The van der Waals surface area contributed by atoms with Gasteiger partial charge in [0, 0.05) is 17.8 Å². The summed E-state index contributed by atoms with van der Waals surface area (Å²) in [5.41, 5.74) is 2.01. The van der Waals surface area contributed by atoms with E-state index in [0.717, 1.165) is 5.56 Å². The molecule has 2 amide bonds. The van der Waals surface area contributed by atoms with Gasteiger partial charge in [-0.05, 0) is 36.8 Å². The van der Waals surface area contributed by atoms with Gasteiger partial charge in [0.25, 0.3) is 11.8 Å². The van der Waals surface area contributed by atoms with Crippen LogP contribution in [0.2, 0.25) is 10.0 Å². The molecule has 124 valence electrons. The van der Waals surface area contributed by atoms with Crippen molar-refractivity contribution in [3.05, 3.63) is 57.6 Å². The van der Waals surface area contributed by atoms with Crippen molar-refractivity contribution in [2.75, 3.05) is 5.32 Å². The second-order valence-electron chi connectivity index (χ2n) is 5.36. The number of fused-ring (bicyclic) bond motifs is 1. The number of carbonyl (C=O) groups excluding carboxylic acids is 2. The van der Waals surface area contributed by atoms with E-state index in [4.69, 9.17) is 27.9 Å². The molecule has 7 heteroatoms. The van der Waals surface area contributed by atoms with Crippen LogP contribution < -0.4 is 15.4 Å². The normalized spacial score (nSPS) is 13.9. The van der Waals surface area contributed by atoms with Gasteiger partial charge in [-0.15, -0.1) is 0 Å². The Bertz CT molecular complexity index is 823. The summed E-state index contributed by atoms with van der Waals surface area (Å²) in [5, 5.41) is 6.07. The molecule has 0 spiro atoms. The Morgan fingerprint density at radius 2 is 2.08 bits per heavy atom. The lowest BCUT2D eigenvalue weighted by Crippen LogP contribution is -2.30. The minimum atomic E-state index is -0.789. The van der Waals surface area contributed by atoms with E-state index < -0.39 is 6.10 Å². The number of nitrogens with one attached hydrogen (secondary N) is 2. The number of hydrogen-bond acceptors (Lipinski definition) is 3. The third-order valence-electron chi connectivity index (χ3n) is 3.65. The van der Waals surface area contributed by atoms with E-state index in [-0.39, 0.29) is 16.8 Å². The maximum Gasteiger partial charge on any atom is 0.265 e. The first-order valence-corrected chi connectivity index (χ1v) is 8.04. The molecule has 0 fully saturated rings. The van der Waals surface area contributed by atoms with Crippen LogP contribution in [0.15, 0.2) is 36.4 Å². The number of carbonyl (C=O) groups is 2. The topological polar surface area (TPSA) is 67.4 Å². The second kappa shape index (κ2) is 6.71. The van der Waals surface area contributed by atoms with Gasteiger partial charge in [0.2, 0.25) is 0 Å². The molecule has 0 aromatic heterocycles. The van der Waals surface area contributed by atoms with Gasteiger partial charge in [-0.1, -0.05) is 35.3 Å². The smallest absolute Gasteiger partial charge is 0.265 e. The quantitative estimate of drug-likeness (QED) is 0.869. The van der Waals surface area contributed by atoms with Crippen LogP contribution in [0.25, 0.3) is 0 Å². The lowest BCUT2D eigenvalue weighted by Gasteiger charge is -2.16. The van der Waals surface area contributed by atoms with Crippen molar-refractivity contribution in [1.29, 1.82) is 0 Å². The zero-order chi connectivity index (χ0) is 17.3. The van der Waals surface area contributed by atoms with Gasteiger partial charge in [-0.3, -0.25) is 9.59 Å². The van der Waals surface area contributed by atoms with Crippen LogP contribution in [0.4, 0.5) is 5.69 Å². The Balaban J connectivity index is 1.70. The van der Waals surface area contributed by atoms with Crippen molar-refractivity contribution in [3.8, 4) is 5.75 Å². The molecule has 1 unspecified atom stereocenters. The van der Waals surface area contributed by atoms with Crippen molar-refractivity contribution in [1.82, 2.24) is 5.32 Å². The number of benzene rings is 2. The van der Waals surface area contributed by atoms with Crippen LogP contribution in [-0.4, -0.2) is 17.9 Å². The van der Waals surface area contributed by atoms with Crippen molar-refractivity contribution in [2.24, 2.45) is 0 Å². The Labute approximate surface area is 148 Å². The summed E-state index contributed by atoms with van der Waals surface area (Å²) in [6, 6.07) is 10.2. The van der Waals surface area contributed by atoms with Crippen LogP contribution in [0.1, 0.15) is 22.8 Å². The summed E-state index contributed by atoms with van der Waals surface area (Å²) < 4.78 is 5.57. The minimum Gasteiger partial charge on any atom is -0.479 e. The summed E-state index contributed by atoms with van der Waals surface area (Å²) >= 11 is 12.0. The average Bonchev–Trinajstić information content (AvgIpc) is 2.92. The zero-order valence-corrected chi connectivity index (χ0v) is 14.2. The number of anilines is 1. The SMILES string of the molecule is CC(Oc1cccc(Cl)c1Cl)C(=O)Nc1ccc2c(c1)C(=O)NC2. The van der Waals surface area contributed by atoms with Gasteiger partial charge >= 0.3 is 0 Å². The van der Waals surface area contributed by atoms with Gasteiger partial charge in [0.1, 0.15) is 10.8 Å². The highest BCUT2D eigenvalue weighted by Gasteiger charge is 2.21. The van der Waals surface area contributed by atoms with E-state index in [2.05, 4.69) is 10.6 Å². The molecule has 0 saturated carbocycles. The number of amides is 2. The van der Waals surface area contributed by atoms with Crippen LogP contribution in [0.5, 0.6) is 5.75 Å². The average molecular weight is 365 g/mol. The van der Waals surface area contributed by atoms with Crippen LogP contribution >= 0.6 is 23.2 Å². The van der Waals surface area contributed by atoms with E-state index in [1.165, 1.54) is 0 Å². The molecule has 2 aromatic carbocycles. The van der Waals surface area contributed by atoms with E-state index in [1.807, 2.05) is 6.07 Å². The van der Waals surface area contributed by atoms with E-state index in [0.29, 0.717) is 28.6 Å². The van der Waals surface area contributed by atoms with Gasteiger partial charge < -0.3 is 15.4 Å². The monoisotopic (exact) mass is 364 g/mol. The molecule has 0 bridgehead atoms. The lowest BCUT2D eigenvalue weighted by atomic mass is 10.1. The first kappa shape index (κ1) is 16.6. The fraction of sp³-hybridized carbons (Fsp3) is 0.176. The maximum absolute atomic E-state index is 12.3. The largest absolute Gasteiger partial charge is 0.479 e. The van der Waals surface area contributed by atoms with Crippen LogP contribution in [0.3, 0.4) is 0 Å². The Hall–Kier alpha value is -2.24. The van der Waals surface area contributed by atoms with Crippen molar-refractivity contribution >= 4 is 40.7 Å². The first-order chi connectivity index (χ1) is 11.5. The Morgan fingerprint density at radius 1 is 1.29 bits per heavy atom. The molecule has 1 aliphatic heterocycles. The molecule has 0 saturated heterocycles. The Morgan fingerprint density at radius 3 is 2.88 bits per heavy atom. The van der Waals surface area contributed by atoms with Gasteiger partial charge in [0.15, 0.2) is 6.10 Å². The van der Waals surface area contributed by atoms with Gasteiger partial charge in [0.05, 0.1) is 5.02 Å². The predicted octanol–water partition coefficient (Wildman–Crippen LogP) is 3.64. The lowest BCUT2D eigenvalue weighted by molar-refractivity contribution is -0.122. The minimum absolute atomic E-state index is 0.142. The van der Waals surface area contributed by atoms with E-state index in [9.17, 15) is 9.59 Å². The molecule has 5 nitrogen and oxygen atoms in total. The standard InChI is InChI=1S/C17H14Cl2N2O3/c1-9(24-14-4-2-3-13(18)15(14)19)16(22)21-11-6-5-10-8-20-17(23)12(10)7-11/h2-7,9H,8H2,1H3,(H,20,23)(H,21,22). The molecular weight excluding hydrogens is 351 g/mol. The molecule has 0 aliphatic carbocycles. The molecule has 3 rings (SSSR count). The molecule has 24 heavy (non-hydrogen) atoms. The van der Waals surface area contributed by atoms with Gasteiger partial charge in [-0.2, -0.15) is 0 Å². The molecule has 2 N–H and O–H groups in total. The van der Waals surface area contributed by atoms with Crippen molar-refractivity contribution in [2.45, 2.75) is 19.6 Å². The maximum atomic E-state index is 12.3. The highest BCUT2D eigenvalue weighted by atomic mass is 35.5. The zero-order valence-electron chi connectivity index (χ0n) is 12.7. The van der Waals surface area contributed by atoms with Crippen LogP contribution in [-0.2, 0) is 11.3 Å². The molecule has 2 aromatic rings. The fourth-order valence-corrected chi connectivity index (χ4v) is 2.69. The molecule has 1 heterocycles. The highest BCUT2D eigenvalue weighted by molar-refractivity contribution is 6.42. The van der Waals surface area contributed by atoms with Crippen molar-refractivity contribution in [3.63, 3.8) is 0 Å². The summed E-state index contributed by atoms with van der Waals surface area (Å²) in [7, 11) is 0.